The Labute approximate surface area is 204 Å². The van der Waals surface area contributed by atoms with Crippen molar-refractivity contribution in [3.8, 4) is 0 Å². The molecule has 0 radical (unpaired) electrons. The van der Waals surface area contributed by atoms with Crippen LogP contribution in [-0.2, 0) is 4.74 Å². The number of fused-ring (bicyclic) bond motifs is 1. The van der Waals surface area contributed by atoms with Crippen LogP contribution in [0.2, 0.25) is 0 Å². The fourth-order valence-electron chi connectivity index (χ4n) is 3.07. The molecule has 0 aliphatic rings. The summed E-state index contributed by atoms with van der Waals surface area (Å²) in [6, 6.07) is 7.53. The van der Waals surface area contributed by atoms with Crippen LogP contribution < -0.4 is 21.3 Å². The number of hydrogen-bond acceptors (Lipinski definition) is 9. The van der Waals surface area contributed by atoms with E-state index in [2.05, 4.69) is 41.4 Å². The predicted octanol–water partition coefficient (Wildman–Crippen LogP) is 3.63. The Hall–Kier alpha value is -4.02. The van der Waals surface area contributed by atoms with Gasteiger partial charge in [0.2, 0.25) is 5.95 Å². The van der Waals surface area contributed by atoms with Crippen LogP contribution >= 0.6 is 0 Å². The molecule has 0 unspecified atom stereocenters. The minimum Gasteiger partial charge on any atom is -0.444 e. The summed E-state index contributed by atoms with van der Waals surface area (Å²) in [6.45, 7) is 8.85. The Balaban J connectivity index is 1.59. The number of rotatable bonds is 10. The zero-order valence-electron chi connectivity index (χ0n) is 20.5. The molecule has 3 aromatic rings. The maximum atomic E-state index is 12.8. The average Bonchev–Trinajstić information content (AvgIpc) is 2.81. The van der Waals surface area contributed by atoms with E-state index in [1.54, 1.807) is 27.0 Å². The van der Waals surface area contributed by atoms with Crippen molar-refractivity contribution in [2.45, 2.75) is 46.1 Å². The number of benzene rings is 1. The van der Waals surface area contributed by atoms with Crippen LogP contribution in [0.3, 0.4) is 0 Å². The highest BCUT2D eigenvalue weighted by Crippen LogP contribution is 2.21. The Kier molecular flexibility index (Phi) is 8.71. The molecule has 35 heavy (non-hydrogen) atoms. The zero-order chi connectivity index (χ0) is 25.3. The highest BCUT2D eigenvalue weighted by molar-refractivity contribution is 5.98. The number of nitrogens with one attached hydrogen (secondary N) is 4. The highest BCUT2D eigenvalue weighted by Gasteiger charge is 2.16. The number of carbonyl (C=O) groups is 2. The van der Waals surface area contributed by atoms with E-state index in [1.807, 2.05) is 31.2 Å². The van der Waals surface area contributed by atoms with Crippen molar-refractivity contribution in [3.63, 3.8) is 0 Å². The second kappa shape index (κ2) is 11.9. The number of anilines is 3. The van der Waals surface area contributed by atoms with Gasteiger partial charge in [-0.25, -0.2) is 9.78 Å². The lowest BCUT2D eigenvalue weighted by atomic mass is 10.2. The molecule has 186 valence electrons. The number of nitrogens with zero attached hydrogens (tertiary/aromatic N) is 4. The monoisotopic (exact) mass is 480 g/mol. The van der Waals surface area contributed by atoms with Gasteiger partial charge < -0.3 is 26.0 Å². The van der Waals surface area contributed by atoms with Gasteiger partial charge in [-0.2, -0.15) is 15.2 Å². The van der Waals surface area contributed by atoms with Gasteiger partial charge in [0.25, 0.3) is 5.91 Å². The first-order valence-electron chi connectivity index (χ1n) is 11.6. The molecule has 0 aliphatic heterocycles. The summed E-state index contributed by atoms with van der Waals surface area (Å²) >= 11 is 0. The molecule has 2 amide bonds. The molecule has 11 heteroatoms. The summed E-state index contributed by atoms with van der Waals surface area (Å²) in [5.74, 6) is 0.514. The molecule has 1 aromatic carbocycles. The molecule has 0 fully saturated rings. The number of hydrogen-bond donors (Lipinski definition) is 4. The van der Waals surface area contributed by atoms with Gasteiger partial charge in [-0.3, -0.25) is 4.79 Å². The van der Waals surface area contributed by atoms with E-state index in [0.29, 0.717) is 43.4 Å². The molecule has 0 saturated carbocycles. The molecule has 0 spiro atoms. The third kappa shape index (κ3) is 8.05. The third-order valence-electron chi connectivity index (χ3n) is 4.65. The first-order valence-corrected chi connectivity index (χ1v) is 11.6. The fraction of sp³-hybridized carbons (Fsp3) is 0.417. The second-order valence-corrected chi connectivity index (χ2v) is 8.85. The summed E-state index contributed by atoms with van der Waals surface area (Å²) in [5, 5.41) is 20.8. The van der Waals surface area contributed by atoms with Gasteiger partial charge in [0.05, 0.1) is 11.7 Å². The van der Waals surface area contributed by atoms with E-state index in [1.165, 1.54) is 6.20 Å². The number of ether oxygens (including phenoxy) is 1. The molecular weight excluding hydrogens is 448 g/mol. The smallest absolute Gasteiger partial charge is 0.407 e. The average molecular weight is 481 g/mol. The molecule has 2 aromatic heterocycles. The Morgan fingerprint density at radius 2 is 1.86 bits per heavy atom. The van der Waals surface area contributed by atoms with E-state index in [0.717, 1.165) is 23.0 Å². The lowest BCUT2D eigenvalue weighted by molar-refractivity contribution is 0.0527. The molecule has 11 nitrogen and oxygen atoms in total. The number of amides is 2. The summed E-state index contributed by atoms with van der Waals surface area (Å²) in [6.07, 6.45) is 4.07. The van der Waals surface area contributed by atoms with Crippen LogP contribution in [0.5, 0.6) is 0 Å². The number of aromatic nitrogens is 4. The first kappa shape index (κ1) is 25.6. The predicted molar refractivity (Wildman–Crippen MR) is 135 cm³/mol. The zero-order valence-corrected chi connectivity index (χ0v) is 20.5. The topological polar surface area (TPSA) is 143 Å². The molecule has 0 saturated heterocycles. The minimum atomic E-state index is -0.551. The SMILES string of the molecule is CCCNc1nc(Nc2ccc3nnccc3c2)ncc1C(=O)NCCCNC(=O)OC(C)(C)C. The normalized spacial score (nSPS) is 11.1. The third-order valence-corrected chi connectivity index (χ3v) is 4.65. The largest absolute Gasteiger partial charge is 0.444 e. The molecule has 4 N–H and O–H groups in total. The maximum absolute atomic E-state index is 12.8. The summed E-state index contributed by atoms with van der Waals surface area (Å²) in [7, 11) is 0. The van der Waals surface area contributed by atoms with Crippen LogP contribution in [0.4, 0.5) is 22.2 Å². The molecule has 3 rings (SSSR count). The van der Waals surface area contributed by atoms with Gasteiger partial charge in [0.1, 0.15) is 17.0 Å². The van der Waals surface area contributed by atoms with Gasteiger partial charge in [0, 0.05) is 36.9 Å². The van der Waals surface area contributed by atoms with Crippen LogP contribution in [-0.4, -0.2) is 57.4 Å². The standard InChI is InChI=1S/C24H32N8O3/c1-5-10-25-20-18(21(33)26-11-6-12-27-23(34)35-24(2,3)4)15-28-22(31-20)30-17-7-8-19-16(14-17)9-13-29-32-19/h7-9,13-15H,5-6,10-12H2,1-4H3,(H,26,33)(H,27,34)(H2,25,28,30,31). The number of carbonyl (C=O) groups excluding carboxylic acids is 2. The molecule has 2 heterocycles. The Morgan fingerprint density at radius 3 is 2.63 bits per heavy atom. The second-order valence-electron chi connectivity index (χ2n) is 8.85. The van der Waals surface area contributed by atoms with Crippen molar-refractivity contribution < 1.29 is 14.3 Å². The maximum Gasteiger partial charge on any atom is 0.407 e. The first-order chi connectivity index (χ1) is 16.7. The van der Waals surface area contributed by atoms with Crippen molar-refractivity contribution in [2.24, 2.45) is 0 Å². The lowest BCUT2D eigenvalue weighted by Crippen LogP contribution is -2.34. The lowest BCUT2D eigenvalue weighted by Gasteiger charge is -2.19. The van der Waals surface area contributed by atoms with Gasteiger partial charge in [0.15, 0.2) is 0 Å². The van der Waals surface area contributed by atoms with Crippen molar-refractivity contribution in [1.82, 2.24) is 30.8 Å². The molecule has 0 aliphatic carbocycles. The van der Waals surface area contributed by atoms with Crippen LogP contribution in [0, 0.1) is 0 Å². The van der Waals surface area contributed by atoms with Gasteiger partial charge >= 0.3 is 6.09 Å². The van der Waals surface area contributed by atoms with Gasteiger partial charge in [-0.1, -0.05) is 6.92 Å². The Morgan fingerprint density at radius 1 is 1.06 bits per heavy atom. The molecular formula is C24H32N8O3. The quantitative estimate of drug-likeness (QED) is 0.320. The van der Waals surface area contributed by atoms with Gasteiger partial charge in [-0.15, -0.1) is 0 Å². The summed E-state index contributed by atoms with van der Waals surface area (Å²) < 4.78 is 5.19. The van der Waals surface area contributed by atoms with Crippen molar-refractivity contribution in [2.75, 3.05) is 30.3 Å². The van der Waals surface area contributed by atoms with E-state index in [4.69, 9.17) is 4.74 Å². The minimum absolute atomic E-state index is 0.295. The Bertz CT molecular complexity index is 1160. The van der Waals surface area contributed by atoms with Crippen LogP contribution in [0.25, 0.3) is 10.9 Å². The summed E-state index contributed by atoms with van der Waals surface area (Å²) in [5.41, 5.74) is 1.38. The summed E-state index contributed by atoms with van der Waals surface area (Å²) in [4.78, 5) is 33.3. The van der Waals surface area contributed by atoms with E-state index < -0.39 is 11.7 Å². The number of alkyl carbamates (subject to hydrolysis) is 1. The van der Waals surface area contributed by atoms with Crippen LogP contribution in [0.1, 0.15) is 50.9 Å². The van der Waals surface area contributed by atoms with Crippen LogP contribution in [0.15, 0.2) is 36.7 Å². The van der Waals surface area contributed by atoms with Crippen molar-refractivity contribution in [3.05, 3.63) is 42.2 Å². The fourth-order valence-corrected chi connectivity index (χ4v) is 3.07. The molecule has 0 bridgehead atoms. The molecule has 0 atom stereocenters. The van der Waals surface area contributed by atoms with Crippen molar-refractivity contribution >= 4 is 40.4 Å². The van der Waals surface area contributed by atoms with E-state index in [-0.39, 0.29) is 5.91 Å². The van der Waals surface area contributed by atoms with Gasteiger partial charge in [-0.05, 0) is 57.9 Å². The van der Waals surface area contributed by atoms with E-state index >= 15 is 0 Å². The van der Waals surface area contributed by atoms with Crippen molar-refractivity contribution in [1.29, 1.82) is 0 Å². The highest BCUT2D eigenvalue weighted by atomic mass is 16.6. The van der Waals surface area contributed by atoms with E-state index in [9.17, 15) is 9.59 Å².